The number of nitrogens with zero attached hydrogens (tertiary/aromatic N) is 2. The van der Waals surface area contributed by atoms with Crippen molar-refractivity contribution >= 4 is 17.8 Å². The lowest BCUT2D eigenvalue weighted by Crippen LogP contribution is -2.30. The Balaban J connectivity index is 1.71. The number of nitrogens with one attached hydrogen (secondary N) is 1. The van der Waals surface area contributed by atoms with Gasteiger partial charge in [0.05, 0.1) is 0 Å². The molecule has 1 saturated heterocycles. The third-order valence-electron chi connectivity index (χ3n) is 4.73. The first kappa shape index (κ1) is 15.4. The van der Waals surface area contributed by atoms with Crippen LogP contribution in [0.1, 0.15) is 33.1 Å². The molecule has 25 heavy (non-hydrogen) atoms. The second-order valence-electron chi connectivity index (χ2n) is 6.30. The van der Waals surface area contributed by atoms with Crippen LogP contribution >= 0.6 is 0 Å². The van der Waals surface area contributed by atoms with Crippen LogP contribution in [-0.4, -0.2) is 34.7 Å². The van der Waals surface area contributed by atoms with Gasteiger partial charge in [0.15, 0.2) is 0 Å². The zero-order valence-corrected chi connectivity index (χ0v) is 13.7. The summed E-state index contributed by atoms with van der Waals surface area (Å²) in [4.78, 5) is 39.7. The molecule has 2 aliphatic rings. The molecule has 1 fully saturated rings. The number of rotatable bonds is 3. The van der Waals surface area contributed by atoms with E-state index in [0.29, 0.717) is 18.7 Å². The van der Waals surface area contributed by atoms with E-state index in [4.69, 9.17) is 0 Å². The Morgan fingerprint density at radius 1 is 1.08 bits per heavy atom. The van der Waals surface area contributed by atoms with Gasteiger partial charge >= 0.3 is 6.03 Å². The SMILES string of the molecule is CN1C(=O)C(c2ccc3c(c2)CNC3=O)N(Cc2ccccc2)C1=O. The van der Waals surface area contributed by atoms with Crippen molar-refractivity contribution in [1.29, 1.82) is 0 Å². The van der Waals surface area contributed by atoms with Crippen LogP contribution in [0.3, 0.4) is 0 Å². The van der Waals surface area contributed by atoms with E-state index in [1.807, 2.05) is 36.4 Å². The molecule has 6 heteroatoms. The summed E-state index contributed by atoms with van der Waals surface area (Å²) in [5, 5.41) is 2.77. The Labute approximate surface area is 145 Å². The lowest BCUT2D eigenvalue weighted by atomic mass is 9.99. The van der Waals surface area contributed by atoms with Gasteiger partial charge in [-0.05, 0) is 22.8 Å². The Hall–Kier alpha value is -3.15. The Morgan fingerprint density at radius 3 is 2.60 bits per heavy atom. The molecule has 1 unspecified atom stereocenters. The van der Waals surface area contributed by atoms with E-state index in [0.717, 1.165) is 21.6 Å². The second kappa shape index (κ2) is 5.73. The van der Waals surface area contributed by atoms with E-state index in [-0.39, 0.29) is 17.8 Å². The quantitative estimate of drug-likeness (QED) is 0.873. The first-order valence-corrected chi connectivity index (χ1v) is 8.09. The molecule has 4 rings (SSSR count). The summed E-state index contributed by atoms with van der Waals surface area (Å²) in [5.41, 5.74) is 3.18. The number of likely N-dealkylation sites (N-methyl/N-ethyl adjacent to an activating group) is 1. The van der Waals surface area contributed by atoms with E-state index in [1.54, 1.807) is 17.0 Å². The van der Waals surface area contributed by atoms with Gasteiger partial charge < -0.3 is 10.2 Å². The number of carbonyl (C=O) groups is 3. The molecule has 0 bridgehead atoms. The van der Waals surface area contributed by atoms with Gasteiger partial charge in [0, 0.05) is 25.7 Å². The summed E-state index contributed by atoms with van der Waals surface area (Å²) >= 11 is 0. The minimum absolute atomic E-state index is 0.103. The van der Waals surface area contributed by atoms with Gasteiger partial charge in [-0.15, -0.1) is 0 Å². The fourth-order valence-electron chi connectivity index (χ4n) is 3.40. The molecule has 2 aromatic rings. The molecule has 2 aromatic carbocycles. The molecule has 4 amide bonds. The topological polar surface area (TPSA) is 69.7 Å². The molecule has 0 radical (unpaired) electrons. The first-order valence-electron chi connectivity index (χ1n) is 8.09. The maximum atomic E-state index is 12.7. The van der Waals surface area contributed by atoms with Crippen LogP contribution in [0, 0.1) is 0 Å². The molecular formula is C19H17N3O3. The van der Waals surface area contributed by atoms with Gasteiger partial charge in [-0.25, -0.2) is 4.79 Å². The van der Waals surface area contributed by atoms with Crippen molar-refractivity contribution in [1.82, 2.24) is 15.1 Å². The molecule has 1 atom stereocenters. The largest absolute Gasteiger partial charge is 0.348 e. The molecule has 2 heterocycles. The van der Waals surface area contributed by atoms with Gasteiger partial charge in [-0.3, -0.25) is 14.5 Å². The maximum absolute atomic E-state index is 12.7. The third-order valence-corrected chi connectivity index (χ3v) is 4.73. The summed E-state index contributed by atoms with van der Waals surface area (Å²) in [7, 11) is 1.50. The van der Waals surface area contributed by atoms with Gasteiger partial charge in [0.2, 0.25) is 0 Å². The Morgan fingerprint density at radius 2 is 1.84 bits per heavy atom. The molecule has 1 N–H and O–H groups in total. The fraction of sp³-hybridized carbons (Fsp3) is 0.211. The summed E-state index contributed by atoms with van der Waals surface area (Å²) in [5.74, 6) is -0.355. The average Bonchev–Trinajstić information content (AvgIpc) is 3.09. The summed E-state index contributed by atoms with van der Waals surface area (Å²) in [6.45, 7) is 0.806. The van der Waals surface area contributed by atoms with Crippen LogP contribution in [0.5, 0.6) is 0 Å². The van der Waals surface area contributed by atoms with Crippen LogP contribution in [0.4, 0.5) is 4.79 Å². The number of fused-ring (bicyclic) bond motifs is 1. The van der Waals surface area contributed by atoms with Gasteiger partial charge in [-0.2, -0.15) is 0 Å². The molecule has 2 aliphatic heterocycles. The van der Waals surface area contributed by atoms with Crippen molar-refractivity contribution in [2.24, 2.45) is 0 Å². The molecule has 6 nitrogen and oxygen atoms in total. The standard InChI is InChI=1S/C19H17N3O3/c1-21-18(24)16(13-7-8-15-14(9-13)10-20-17(15)23)22(19(21)25)11-12-5-3-2-4-6-12/h2-9,16H,10-11H2,1H3,(H,20,23). The lowest BCUT2D eigenvalue weighted by molar-refractivity contribution is -0.127. The highest BCUT2D eigenvalue weighted by atomic mass is 16.2. The highest BCUT2D eigenvalue weighted by Gasteiger charge is 2.44. The predicted molar refractivity (Wildman–Crippen MR) is 90.5 cm³/mol. The van der Waals surface area contributed by atoms with E-state index in [1.165, 1.54) is 7.05 Å². The maximum Gasteiger partial charge on any atom is 0.327 e. The van der Waals surface area contributed by atoms with Crippen LogP contribution in [0.25, 0.3) is 0 Å². The fourth-order valence-corrected chi connectivity index (χ4v) is 3.40. The van der Waals surface area contributed by atoms with E-state index < -0.39 is 6.04 Å². The summed E-state index contributed by atoms with van der Waals surface area (Å²) in [6.07, 6.45) is 0. The second-order valence-corrected chi connectivity index (χ2v) is 6.30. The number of carbonyl (C=O) groups excluding carboxylic acids is 3. The minimum atomic E-state index is -0.668. The highest BCUT2D eigenvalue weighted by molar-refractivity contribution is 6.04. The zero-order valence-electron chi connectivity index (χ0n) is 13.7. The van der Waals surface area contributed by atoms with Crippen molar-refractivity contribution in [3.8, 4) is 0 Å². The average molecular weight is 335 g/mol. The number of urea groups is 1. The van der Waals surface area contributed by atoms with Crippen molar-refractivity contribution in [2.75, 3.05) is 7.05 Å². The molecular weight excluding hydrogens is 318 g/mol. The number of hydrogen-bond acceptors (Lipinski definition) is 3. The van der Waals surface area contributed by atoms with E-state index in [2.05, 4.69) is 5.32 Å². The predicted octanol–water partition coefficient (Wildman–Crippen LogP) is 2.07. The van der Waals surface area contributed by atoms with Crippen molar-refractivity contribution in [2.45, 2.75) is 19.1 Å². The van der Waals surface area contributed by atoms with Crippen molar-refractivity contribution in [3.63, 3.8) is 0 Å². The van der Waals surface area contributed by atoms with Crippen LogP contribution in [0.2, 0.25) is 0 Å². The molecule has 0 saturated carbocycles. The molecule has 0 aromatic heterocycles. The first-order chi connectivity index (χ1) is 12.1. The van der Waals surface area contributed by atoms with E-state index in [9.17, 15) is 14.4 Å². The van der Waals surface area contributed by atoms with E-state index >= 15 is 0 Å². The minimum Gasteiger partial charge on any atom is -0.348 e. The third kappa shape index (κ3) is 2.46. The van der Waals surface area contributed by atoms with Gasteiger partial charge in [0.1, 0.15) is 6.04 Å². The summed E-state index contributed by atoms with van der Waals surface area (Å²) < 4.78 is 0. The highest BCUT2D eigenvalue weighted by Crippen LogP contribution is 2.33. The number of hydrogen-bond donors (Lipinski definition) is 1. The summed E-state index contributed by atoms with van der Waals surface area (Å²) in [6, 6.07) is 13.9. The molecule has 0 aliphatic carbocycles. The monoisotopic (exact) mass is 335 g/mol. The van der Waals surface area contributed by atoms with Gasteiger partial charge in [0.25, 0.3) is 11.8 Å². The lowest BCUT2D eigenvalue weighted by Gasteiger charge is -2.22. The molecule has 126 valence electrons. The normalized spacial score (nSPS) is 19.4. The Bertz CT molecular complexity index is 879. The van der Waals surface area contributed by atoms with Crippen molar-refractivity contribution < 1.29 is 14.4 Å². The number of amides is 4. The Kier molecular flexibility index (Phi) is 3.53. The smallest absolute Gasteiger partial charge is 0.327 e. The molecule has 0 spiro atoms. The van der Waals surface area contributed by atoms with Crippen LogP contribution in [0.15, 0.2) is 48.5 Å². The van der Waals surface area contributed by atoms with Crippen molar-refractivity contribution in [3.05, 3.63) is 70.8 Å². The van der Waals surface area contributed by atoms with Gasteiger partial charge in [-0.1, -0.05) is 42.5 Å². The van der Waals surface area contributed by atoms with Crippen LogP contribution < -0.4 is 5.32 Å². The van der Waals surface area contributed by atoms with Crippen LogP contribution in [-0.2, 0) is 17.9 Å². The zero-order chi connectivity index (χ0) is 17.6. The number of benzene rings is 2. The number of imide groups is 1.